The van der Waals surface area contributed by atoms with E-state index >= 15 is 0 Å². The van der Waals surface area contributed by atoms with Crippen molar-refractivity contribution < 1.29 is 19.5 Å². The van der Waals surface area contributed by atoms with Gasteiger partial charge in [-0.05, 0) is 0 Å². The molecular weight excluding hydrogens is 178 g/mol. The van der Waals surface area contributed by atoms with E-state index in [1.807, 2.05) is 0 Å². The molecule has 0 fully saturated rings. The highest BCUT2D eigenvalue weighted by Crippen LogP contribution is 2.01. The van der Waals surface area contributed by atoms with Crippen LogP contribution in [0, 0.1) is 0 Å². The van der Waals surface area contributed by atoms with E-state index in [2.05, 4.69) is 0 Å². The molecule has 0 aromatic rings. The minimum absolute atomic E-state index is 0.450. The molecule has 0 aliphatic heterocycles. The number of nitrogens with zero attached hydrogens (tertiary/aromatic N) is 1. The van der Waals surface area contributed by atoms with Crippen molar-refractivity contribution in [3.63, 3.8) is 0 Å². The third-order valence-corrected chi connectivity index (χ3v) is 1.49. The highest BCUT2D eigenvalue weighted by molar-refractivity contribution is 5.87. The van der Waals surface area contributed by atoms with Crippen molar-refractivity contribution in [3.8, 4) is 0 Å². The van der Waals surface area contributed by atoms with Crippen molar-refractivity contribution in [3.05, 3.63) is 0 Å². The Bertz CT molecular complexity index is 240. The summed E-state index contributed by atoms with van der Waals surface area (Å²) in [7, 11) is 1.18. The number of rotatable bonds is 4. The van der Waals surface area contributed by atoms with Crippen LogP contribution in [-0.4, -0.2) is 41.0 Å². The Morgan fingerprint density at radius 3 is 2.08 bits per heavy atom. The zero-order valence-corrected chi connectivity index (χ0v) is 7.06. The first-order valence-electron chi connectivity index (χ1n) is 3.39. The molecule has 0 saturated carbocycles. The first kappa shape index (κ1) is 11.2. The number of amides is 3. The lowest BCUT2D eigenvalue weighted by Gasteiger charge is -2.21. The molecule has 7 nitrogen and oxygen atoms in total. The summed E-state index contributed by atoms with van der Waals surface area (Å²) in [5, 5.41) is 8.58. The number of carbonyl (C=O) groups excluding carboxylic acids is 2. The molecule has 5 N–H and O–H groups in total. The quantitative estimate of drug-likeness (QED) is 0.488. The molecule has 0 bridgehead atoms. The summed E-state index contributed by atoms with van der Waals surface area (Å²) in [6, 6.07) is -2.22. The average molecular weight is 189 g/mol. The molecule has 1 atom stereocenters. The van der Waals surface area contributed by atoms with E-state index in [4.69, 9.17) is 16.6 Å². The smallest absolute Gasteiger partial charge is 0.327 e. The van der Waals surface area contributed by atoms with E-state index in [0.29, 0.717) is 0 Å². The van der Waals surface area contributed by atoms with Crippen LogP contribution in [0.25, 0.3) is 0 Å². The maximum absolute atomic E-state index is 10.6. The van der Waals surface area contributed by atoms with Crippen LogP contribution in [0.2, 0.25) is 0 Å². The van der Waals surface area contributed by atoms with Gasteiger partial charge in [-0.25, -0.2) is 9.59 Å². The summed E-state index contributed by atoms with van der Waals surface area (Å²) in [4.78, 5) is 32.2. The molecule has 74 valence electrons. The van der Waals surface area contributed by atoms with E-state index in [0.717, 1.165) is 4.90 Å². The van der Waals surface area contributed by atoms with Gasteiger partial charge < -0.3 is 21.5 Å². The number of likely N-dealkylation sites (N-methyl/N-ethyl adjacent to an activating group) is 1. The summed E-state index contributed by atoms with van der Waals surface area (Å²) < 4.78 is 0. The van der Waals surface area contributed by atoms with Gasteiger partial charge in [-0.3, -0.25) is 4.79 Å². The summed E-state index contributed by atoms with van der Waals surface area (Å²) in [5.41, 5.74) is 9.61. The highest BCUT2D eigenvalue weighted by atomic mass is 16.4. The summed E-state index contributed by atoms with van der Waals surface area (Å²) in [6.07, 6.45) is -0.450. The van der Waals surface area contributed by atoms with Crippen molar-refractivity contribution in [1.29, 1.82) is 0 Å². The summed E-state index contributed by atoms with van der Waals surface area (Å²) >= 11 is 0. The van der Waals surface area contributed by atoms with Gasteiger partial charge in [0.15, 0.2) is 0 Å². The van der Waals surface area contributed by atoms with E-state index in [-0.39, 0.29) is 0 Å². The Morgan fingerprint density at radius 2 is 1.85 bits per heavy atom. The molecule has 0 heterocycles. The van der Waals surface area contributed by atoms with E-state index in [1.165, 1.54) is 7.05 Å². The molecule has 13 heavy (non-hydrogen) atoms. The molecule has 0 unspecified atom stereocenters. The lowest BCUT2D eigenvalue weighted by Crippen LogP contribution is -2.46. The van der Waals surface area contributed by atoms with Gasteiger partial charge in [0.25, 0.3) is 0 Å². The van der Waals surface area contributed by atoms with Crippen molar-refractivity contribution in [2.24, 2.45) is 11.5 Å². The Labute approximate surface area is 74.3 Å². The number of hydrogen-bond donors (Lipinski definition) is 3. The monoisotopic (exact) mass is 189 g/mol. The fourth-order valence-electron chi connectivity index (χ4n) is 0.734. The molecule has 0 saturated heterocycles. The summed E-state index contributed by atoms with van der Waals surface area (Å²) in [5.74, 6) is -2.12. The first-order chi connectivity index (χ1) is 5.86. The van der Waals surface area contributed by atoms with Crippen LogP contribution in [-0.2, 0) is 9.59 Å². The number of carbonyl (C=O) groups is 3. The number of nitrogens with two attached hydrogens (primary N) is 2. The van der Waals surface area contributed by atoms with Gasteiger partial charge in [0.05, 0.1) is 6.42 Å². The van der Waals surface area contributed by atoms with Crippen molar-refractivity contribution in [2.75, 3.05) is 7.05 Å². The summed E-state index contributed by atoms with van der Waals surface area (Å²) in [6.45, 7) is 0. The van der Waals surface area contributed by atoms with Crippen molar-refractivity contribution >= 4 is 17.9 Å². The van der Waals surface area contributed by atoms with Gasteiger partial charge in [-0.2, -0.15) is 0 Å². The topological polar surface area (TPSA) is 127 Å². The Hall–Kier alpha value is -1.79. The largest absolute Gasteiger partial charge is 0.480 e. The van der Waals surface area contributed by atoms with Crippen molar-refractivity contribution in [2.45, 2.75) is 12.5 Å². The van der Waals surface area contributed by atoms with Gasteiger partial charge in [0.2, 0.25) is 5.91 Å². The second-order valence-corrected chi connectivity index (χ2v) is 2.47. The molecule has 0 rings (SSSR count). The number of aliphatic carboxylic acids is 1. The minimum atomic E-state index is -1.32. The number of hydrogen-bond acceptors (Lipinski definition) is 3. The fourth-order valence-corrected chi connectivity index (χ4v) is 0.734. The van der Waals surface area contributed by atoms with Crippen LogP contribution in [0.1, 0.15) is 6.42 Å². The third kappa shape index (κ3) is 3.41. The SMILES string of the molecule is CN(C(N)=O)[C@@H](CC(N)=O)C(=O)O. The standard InChI is InChI=1S/C6H11N3O4/c1-9(6(8)13)3(5(11)12)2-4(7)10/h3H,2H2,1H3,(H2,7,10)(H2,8,13)(H,11,12)/t3-/m0/s1. The molecule has 3 amide bonds. The molecule has 7 heteroatoms. The zero-order valence-electron chi connectivity index (χ0n) is 7.06. The van der Waals surface area contributed by atoms with Crippen LogP contribution in [0.4, 0.5) is 4.79 Å². The molecule has 0 spiro atoms. The third-order valence-electron chi connectivity index (χ3n) is 1.49. The van der Waals surface area contributed by atoms with Crippen molar-refractivity contribution in [1.82, 2.24) is 4.90 Å². The van der Waals surface area contributed by atoms with Gasteiger partial charge >= 0.3 is 12.0 Å². The van der Waals surface area contributed by atoms with Crippen LogP contribution in [0.3, 0.4) is 0 Å². The Kier molecular flexibility index (Phi) is 3.70. The lowest BCUT2D eigenvalue weighted by atomic mass is 10.2. The molecule has 0 aliphatic rings. The molecule has 0 aromatic carbocycles. The van der Waals surface area contributed by atoms with Gasteiger partial charge in [-0.15, -0.1) is 0 Å². The number of carboxylic acid groups (broad SMARTS) is 1. The van der Waals surface area contributed by atoms with Crippen LogP contribution in [0.15, 0.2) is 0 Å². The van der Waals surface area contributed by atoms with Crippen LogP contribution >= 0.6 is 0 Å². The average Bonchev–Trinajstić information content (AvgIpc) is 1.97. The fraction of sp³-hybridized carbons (Fsp3) is 0.500. The maximum Gasteiger partial charge on any atom is 0.327 e. The Balaban J connectivity index is 4.51. The van der Waals surface area contributed by atoms with E-state index in [9.17, 15) is 14.4 Å². The normalized spacial score (nSPS) is 11.8. The predicted molar refractivity (Wildman–Crippen MR) is 42.6 cm³/mol. The first-order valence-corrected chi connectivity index (χ1v) is 3.39. The lowest BCUT2D eigenvalue weighted by molar-refractivity contribution is -0.143. The Morgan fingerprint density at radius 1 is 1.38 bits per heavy atom. The molecule has 0 aliphatic carbocycles. The van der Waals surface area contributed by atoms with E-state index in [1.54, 1.807) is 0 Å². The second-order valence-electron chi connectivity index (χ2n) is 2.47. The van der Waals surface area contributed by atoms with Gasteiger partial charge in [0.1, 0.15) is 6.04 Å². The van der Waals surface area contributed by atoms with Crippen LogP contribution in [0.5, 0.6) is 0 Å². The number of urea groups is 1. The molecule has 0 aromatic heterocycles. The number of primary amides is 2. The zero-order chi connectivity index (χ0) is 10.6. The van der Waals surface area contributed by atoms with Gasteiger partial charge in [0, 0.05) is 7.05 Å². The molecular formula is C6H11N3O4. The van der Waals surface area contributed by atoms with E-state index < -0.39 is 30.4 Å². The highest BCUT2D eigenvalue weighted by Gasteiger charge is 2.26. The van der Waals surface area contributed by atoms with Crippen LogP contribution < -0.4 is 11.5 Å². The predicted octanol–water partition coefficient (Wildman–Crippen LogP) is -1.67. The minimum Gasteiger partial charge on any atom is -0.480 e. The number of carboxylic acids is 1. The van der Waals surface area contributed by atoms with Gasteiger partial charge in [-0.1, -0.05) is 0 Å². The second kappa shape index (κ2) is 4.29. The molecule has 0 radical (unpaired) electrons. The maximum atomic E-state index is 10.6.